The first-order chi connectivity index (χ1) is 5.57. The molecule has 12 heavy (non-hydrogen) atoms. The van der Waals surface area contributed by atoms with Gasteiger partial charge >= 0.3 is 0 Å². The van der Waals surface area contributed by atoms with Crippen LogP contribution in [0.25, 0.3) is 0 Å². The van der Waals surface area contributed by atoms with Crippen molar-refractivity contribution in [2.24, 2.45) is 0 Å². The highest BCUT2D eigenvalue weighted by Gasteiger charge is 2.02. The molecule has 0 aromatic carbocycles. The molecule has 0 aromatic heterocycles. The highest BCUT2D eigenvalue weighted by Crippen LogP contribution is 1.93. The lowest BCUT2D eigenvalue weighted by molar-refractivity contribution is 0.305. The predicted octanol–water partition coefficient (Wildman–Crippen LogP) is 1.67. The average Bonchev–Trinajstić information content (AvgIpc) is 2.03. The first kappa shape index (κ1) is 11.9. The smallest absolute Gasteiger partial charge is 0.0186 e. The van der Waals surface area contributed by atoms with Gasteiger partial charge in [-0.3, -0.25) is 0 Å². The van der Waals surface area contributed by atoms with Crippen molar-refractivity contribution in [2.45, 2.75) is 19.9 Å². The summed E-state index contributed by atoms with van der Waals surface area (Å²) in [6, 6.07) is 0.563. The van der Waals surface area contributed by atoms with Crippen molar-refractivity contribution >= 4 is 11.6 Å². The lowest BCUT2D eigenvalue weighted by Gasteiger charge is -2.19. The molecule has 1 N–H and O–H groups in total. The zero-order valence-corrected chi connectivity index (χ0v) is 9.15. The van der Waals surface area contributed by atoms with Crippen LogP contribution in [0.3, 0.4) is 0 Å². The zero-order valence-electron chi connectivity index (χ0n) is 8.39. The van der Waals surface area contributed by atoms with Crippen LogP contribution in [0.4, 0.5) is 0 Å². The molecule has 2 nitrogen and oxygen atoms in total. The van der Waals surface area contributed by atoms with Gasteiger partial charge < -0.3 is 10.2 Å². The van der Waals surface area contributed by atoms with Gasteiger partial charge in [-0.15, -0.1) is 0 Å². The molecule has 1 atom stereocenters. The van der Waals surface area contributed by atoms with Crippen LogP contribution in [-0.2, 0) is 0 Å². The van der Waals surface area contributed by atoms with E-state index in [0.29, 0.717) is 6.04 Å². The van der Waals surface area contributed by atoms with Crippen LogP contribution in [0, 0.1) is 0 Å². The molecule has 0 spiro atoms. The lowest BCUT2D eigenvalue weighted by Crippen LogP contribution is -2.35. The third-order valence-electron chi connectivity index (χ3n) is 1.91. The summed E-state index contributed by atoms with van der Waals surface area (Å²) in [6.45, 7) is 6.07. The first-order valence-electron chi connectivity index (χ1n) is 4.21. The van der Waals surface area contributed by atoms with Crippen LogP contribution < -0.4 is 5.32 Å². The quantitative estimate of drug-likeness (QED) is 0.710. The molecule has 0 amide bonds. The summed E-state index contributed by atoms with van der Waals surface area (Å²) >= 11 is 5.52. The Hall–Kier alpha value is -0.0500. The SMILES string of the molecule is CC(=CCl)CNCC(C)N(C)C. The van der Waals surface area contributed by atoms with Crippen molar-refractivity contribution < 1.29 is 0 Å². The molecule has 0 aromatic rings. The number of hydrogen-bond donors (Lipinski definition) is 1. The van der Waals surface area contributed by atoms with E-state index in [-0.39, 0.29) is 0 Å². The van der Waals surface area contributed by atoms with E-state index in [1.165, 1.54) is 5.57 Å². The third kappa shape index (κ3) is 5.58. The molecule has 0 radical (unpaired) electrons. The molecule has 72 valence electrons. The monoisotopic (exact) mass is 190 g/mol. The van der Waals surface area contributed by atoms with Gasteiger partial charge in [0.1, 0.15) is 0 Å². The molecule has 0 aliphatic heterocycles. The minimum Gasteiger partial charge on any atom is -0.311 e. The van der Waals surface area contributed by atoms with Gasteiger partial charge in [0.05, 0.1) is 0 Å². The van der Waals surface area contributed by atoms with Gasteiger partial charge in [-0.2, -0.15) is 0 Å². The maximum absolute atomic E-state index is 5.52. The minimum absolute atomic E-state index is 0.563. The second kappa shape index (κ2) is 6.46. The normalized spacial score (nSPS) is 15.3. The van der Waals surface area contributed by atoms with Crippen LogP contribution in [-0.4, -0.2) is 38.1 Å². The van der Waals surface area contributed by atoms with Gasteiger partial charge in [0.15, 0.2) is 0 Å². The van der Waals surface area contributed by atoms with Crippen LogP contribution in [0.1, 0.15) is 13.8 Å². The molecule has 0 fully saturated rings. The van der Waals surface area contributed by atoms with Gasteiger partial charge in [-0.05, 0) is 33.5 Å². The number of hydrogen-bond acceptors (Lipinski definition) is 2. The lowest BCUT2D eigenvalue weighted by atomic mass is 10.3. The minimum atomic E-state index is 0.563. The van der Waals surface area contributed by atoms with E-state index in [2.05, 4.69) is 31.2 Å². The molecule has 0 saturated carbocycles. The van der Waals surface area contributed by atoms with Crippen molar-refractivity contribution in [3.8, 4) is 0 Å². The van der Waals surface area contributed by atoms with E-state index in [1.807, 2.05) is 6.92 Å². The Labute approximate surface area is 80.6 Å². The van der Waals surface area contributed by atoms with Gasteiger partial charge in [0.2, 0.25) is 0 Å². The maximum atomic E-state index is 5.52. The topological polar surface area (TPSA) is 15.3 Å². The van der Waals surface area contributed by atoms with E-state index in [4.69, 9.17) is 11.6 Å². The fraction of sp³-hybridized carbons (Fsp3) is 0.778. The highest BCUT2D eigenvalue weighted by atomic mass is 35.5. The van der Waals surface area contributed by atoms with Crippen molar-refractivity contribution in [2.75, 3.05) is 27.2 Å². The number of nitrogens with one attached hydrogen (secondary N) is 1. The summed E-state index contributed by atoms with van der Waals surface area (Å²) in [7, 11) is 4.16. The Bertz CT molecular complexity index is 143. The predicted molar refractivity (Wildman–Crippen MR) is 55.6 cm³/mol. The van der Waals surface area contributed by atoms with Crippen LogP contribution in [0.5, 0.6) is 0 Å². The van der Waals surface area contributed by atoms with E-state index in [0.717, 1.165) is 13.1 Å². The first-order valence-corrected chi connectivity index (χ1v) is 4.64. The Morgan fingerprint density at radius 3 is 2.58 bits per heavy atom. The van der Waals surface area contributed by atoms with Gasteiger partial charge in [0, 0.05) is 24.7 Å². The van der Waals surface area contributed by atoms with Gasteiger partial charge in [0.25, 0.3) is 0 Å². The second-order valence-electron chi connectivity index (χ2n) is 3.40. The molecule has 0 saturated heterocycles. The van der Waals surface area contributed by atoms with Crippen LogP contribution in [0.15, 0.2) is 11.1 Å². The fourth-order valence-electron chi connectivity index (χ4n) is 0.699. The molecule has 1 unspecified atom stereocenters. The largest absolute Gasteiger partial charge is 0.311 e. The van der Waals surface area contributed by atoms with Crippen molar-refractivity contribution in [1.82, 2.24) is 10.2 Å². The van der Waals surface area contributed by atoms with Gasteiger partial charge in [-0.25, -0.2) is 0 Å². The molecule has 0 bridgehead atoms. The summed E-state index contributed by atoms with van der Waals surface area (Å²) in [4.78, 5) is 2.19. The summed E-state index contributed by atoms with van der Waals surface area (Å²) in [5.41, 5.74) is 2.79. The number of halogens is 1. The zero-order chi connectivity index (χ0) is 9.56. The molecule has 0 rings (SSSR count). The average molecular weight is 191 g/mol. The fourth-order valence-corrected chi connectivity index (χ4v) is 0.777. The van der Waals surface area contributed by atoms with Crippen molar-refractivity contribution in [3.05, 3.63) is 11.1 Å². The van der Waals surface area contributed by atoms with E-state index in [9.17, 15) is 0 Å². The van der Waals surface area contributed by atoms with E-state index >= 15 is 0 Å². The summed E-state index contributed by atoms with van der Waals surface area (Å²) in [6.07, 6.45) is 0. The molecular weight excluding hydrogens is 172 g/mol. The number of likely N-dealkylation sites (N-methyl/N-ethyl adjacent to an activating group) is 1. The summed E-state index contributed by atoms with van der Waals surface area (Å²) in [5.74, 6) is 0. The third-order valence-corrected chi connectivity index (χ3v) is 2.28. The molecule has 0 heterocycles. The Kier molecular flexibility index (Phi) is 6.44. The summed E-state index contributed by atoms with van der Waals surface area (Å²) < 4.78 is 0. The van der Waals surface area contributed by atoms with Gasteiger partial charge in [-0.1, -0.05) is 11.6 Å². The summed E-state index contributed by atoms with van der Waals surface area (Å²) in [5, 5.41) is 3.32. The highest BCUT2D eigenvalue weighted by molar-refractivity contribution is 6.25. The number of rotatable bonds is 5. The molecule has 0 aliphatic rings. The van der Waals surface area contributed by atoms with Crippen molar-refractivity contribution in [1.29, 1.82) is 0 Å². The van der Waals surface area contributed by atoms with Crippen LogP contribution >= 0.6 is 11.6 Å². The Morgan fingerprint density at radius 1 is 1.58 bits per heavy atom. The van der Waals surface area contributed by atoms with Crippen LogP contribution in [0.2, 0.25) is 0 Å². The van der Waals surface area contributed by atoms with E-state index < -0.39 is 0 Å². The Balaban J connectivity index is 3.43. The Morgan fingerprint density at radius 2 is 2.17 bits per heavy atom. The second-order valence-corrected chi connectivity index (χ2v) is 3.62. The number of nitrogens with zero attached hydrogens (tertiary/aromatic N) is 1. The standard InChI is InChI=1S/C9H19ClN2/c1-8(5-10)6-11-7-9(2)12(3)4/h5,9,11H,6-7H2,1-4H3. The molecule has 3 heteroatoms. The van der Waals surface area contributed by atoms with E-state index in [1.54, 1.807) is 5.54 Å². The maximum Gasteiger partial charge on any atom is 0.0186 e. The molecule has 0 aliphatic carbocycles. The molecular formula is C9H19ClN2. The van der Waals surface area contributed by atoms with Crippen molar-refractivity contribution in [3.63, 3.8) is 0 Å².